The molecule has 0 aromatic carbocycles. The summed E-state index contributed by atoms with van der Waals surface area (Å²) in [7, 11) is 0. The average molecular weight is 368 g/mol. The highest BCUT2D eigenvalue weighted by Gasteiger charge is 2.45. The molecule has 1 aliphatic carbocycles. The average Bonchev–Trinajstić information content (AvgIpc) is 3.16. The van der Waals surface area contributed by atoms with Crippen molar-refractivity contribution in [1.82, 2.24) is 9.97 Å². The molecule has 3 heterocycles. The predicted octanol–water partition coefficient (Wildman–Crippen LogP) is 1.79. The Labute approximate surface area is 150 Å². The van der Waals surface area contributed by atoms with Crippen molar-refractivity contribution < 1.29 is 23.4 Å². The fourth-order valence-corrected chi connectivity index (χ4v) is 3.84. The van der Waals surface area contributed by atoms with Gasteiger partial charge in [-0.15, -0.1) is 0 Å². The van der Waals surface area contributed by atoms with E-state index < -0.39 is 11.9 Å². The first kappa shape index (κ1) is 17.4. The van der Waals surface area contributed by atoms with E-state index in [1.54, 1.807) is 0 Å². The van der Waals surface area contributed by atoms with Gasteiger partial charge >= 0.3 is 5.97 Å². The molecule has 1 aromatic heterocycles. The molecule has 0 amide bonds. The van der Waals surface area contributed by atoms with Crippen LogP contribution >= 0.6 is 0 Å². The lowest BCUT2D eigenvalue weighted by molar-refractivity contribution is -0.143. The van der Waals surface area contributed by atoms with E-state index in [4.69, 9.17) is 9.84 Å². The van der Waals surface area contributed by atoms with Gasteiger partial charge in [-0.2, -0.15) is 13.8 Å². The standard InChI is InChI=1S/C17H22F2N4O3/c1-10-3-7-23(10)16-20-14-12(2-5-17(14,18)19)15(21-16)22-6-4-11(8-22)26-9-13(24)25/h10-11H,2-9H2,1H3,(H,24,25)/t10-,11-/m0/s1. The van der Waals surface area contributed by atoms with Crippen LogP contribution in [-0.2, 0) is 21.9 Å². The number of anilines is 2. The molecule has 1 aromatic rings. The Balaban J connectivity index is 1.62. The van der Waals surface area contributed by atoms with Gasteiger partial charge in [0, 0.05) is 37.7 Å². The minimum absolute atomic E-state index is 0.147. The lowest BCUT2D eigenvalue weighted by atomic mass is 10.1. The highest BCUT2D eigenvalue weighted by atomic mass is 19.3. The van der Waals surface area contributed by atoms with Crippen LogP contribution in [0.1, 0.15) is 37.4 Å². The Hall–Kier alpha value is -2.03. The topological polar surface area (TPSA) is 78.8 Å². The highest BCUT2D eigenvalue weighted by Crippen LogP contribution is 2.45. The van der Waals surface area contributed by atoms with Gasteiger partial charge in [0.2, 0.25) is 5.95 Å². The summed E-state index contributed by atoms with van der Waals surface area (Å²) in [4.78, 5) is 23.4. The molecule has 0 saturated carbocycles. The SMILES string of the molecule is C[C@H]1CCN1c1nc(N2CC[C@H](OCC(=O)O)C2)c2c(n1)C(F)(F)CC2. The summed E-state index contributed by atoms with van der Waals surface area (Å²) in [5, 5.41) is 8.75. The van der Waals surface area contributed by atoms with Crippen LogP contribution in [0.5, 0.6) is 0 Å². The molecule has 2 fully saturated rings. The fourth-order valence-electron chi connectivity index (χ4n) is 3.84. The maximum absolute atomic E-state index is 14.3. The van der Waals surface area contributed by atoms with E-state index in [0.717, 1.165) is 13.0 Å². The van der Waals surface area contributed by atoms with Crippen LogP contribution in [0.15, 0.2) is 0 Å². The Morgan fingerprint density at radius 2 is 2.15 bits per heavy atom. The zero-order chi connectivity index (χ0) is 18.5. The Bertz CT molecular complexity index is 730. The second-order valence-corrected chi connectivity index (χ2v) is 7.27. The van der Waals surface area contributed by atoms with Crippen molar-refractivity contribution in [3.8, 4) is 0 Å². The van der Waals surface area contributed by atoms with Crippen LogP contribution in [0.4, 0.5) is 20.5 Å². The van der Waals surface area contributed by atoms with Crippen LogP contribution in [0.2, 0.25) is 0 Å². The smallest absolute Gasteiger partial charge is 0.329 e. The van der Waals surface area contributed by atoms with Crippen molar-refractivity contribution in [2.45, 2.75) is 50.7 Å². The Morgan fingerprint density at radius 1 is 1.35 bits per heavy atom. The number of rotatable bonds is 5. The number of hydrogen-bond acceptors (Lipinski definition) is 6. The first-order chi connectivity index (χ1) is 12.3. The molecule has 2 saturated heterocycles. The normalized spacial score (nSPS) is 26.7. The number of halogens is 2. The summed E-state index contributed by atoms with van der Waals surface area (Å²) in [6.07, 6.45) is 1.43. The van der Waals surface area contributed by atoms with Gasteiger partial charge in [-0.05, 0) is 26.2 Å². The first-order valence-electron chi connectivity index (χ1n) is 8.99. The van der Waals surface area contributed by atoms with E-state index in [0.29, 0.717) is 36.8 Å². The second-order valence-electron chi connectivity index (χ2n) is 7.27. The van der Waals surface area contributed by atoms with Crippen LogP contribution in [0, 0.1) is 0 Å². The van der Waals surface area contributed by atoms with Gasteiger partial charge in [-0.3, -0.25) is 0 Å². The molecule has 0 radical (unpaired) electrons. The predicted molar refractivity (Wildman–Crippen MR) is 89.9 cm³/mol. The van der Waals surface area contributed by atoms with Crippen molar-refractivity contribution in [1.29, 1.82) is 0 Å². The fraction of sp³-hybridized carbons (Fsp3) is 0.706. The van der Waals surface area contributed by atoms with E-state index >= 15 is 0 Å². The molecular formula is C17H22F2N4O3. The number of fused-ring (bicyclic) bond motifs is 1. The number of carbonyl (C=O) groups is 1. The first-order valence-corrected chi connectivity index (χ1v) is 8.99. The van der Waals surface area contributed by atoms with E-state index in [1.165, 1.54) is 0 Å². The number of alkyl halides is 2. The summed E-state index contributed by atoms with van der Waals surface area (Å²) in [6, 6.07) is 0.251. The number of aromatic nitrogens is 2. The third-order valence-electron chi connectivity index (χ3n) is 5.47. The van der Waals surface area contributed by atoms with Gasteiger partial charge in [-0.1, -0.05) is 0 Å². The van der Waals surface area contributed by atoms with E-state index in [1.807, 2.05) is 16.7 Å². The molecule has 2 atom stereocenters. The van der Waals surface area contributed by atoms with Crippen molar-refractivity contribution in [3.63, 3.8) is 0 Å². The lowest BCUT2D eigenvalue weighted by Gasteiger charge is -2.39. The summed E-state index contributed by atoms with van der Waals surface area (Å²) < 4.78 is 34.0. The van der Waals surface area contributed by atoms with E-state index in [9.17, 15) is 13.6 Å². The minimum atomic E-state index is -2.92. The van der Waals surface area contributed by atoms with Crippen molar-refractivity contribution >= 4 is 17.7 Å². The number of aliphatic carboxylic acids is 1. The molecule has 4 rings (SSSR count). The Morgan fingerprint density at radius 3 is 2.81 bits per heavy atom. The molecular weight excluding hydrogens is 346 g/mol. The van der Waals surface area contributed by atoms with E-state index in [-0.39, 0.29) is 37.3 Å². The van der Waals surface area contributed by atoms with Gasteiger partial charge in [-0.25, -0.2) is 9.78 Å². The number of carboxylic acids is 1. The molecule has 0 spiro atoms. The largest absolute Gasteiger partial charge is 0.480 e. The van der Waals surface area contributed by atoms with Gasteiger partial charge in [0.15, 0.2) is 0 Å². The summed E-state index contributed by atoms with van der Waals surface area (Å²) >= 11 is 0. The molecule has 3 aliphatic rings. The van der Waals surface area contributed by atoms with Crippen LogP contribution < -0.4 is 9.80 Å². The number of hydrogen-bond donors (Lipinski definition) is 1. The number of nitrogens with zero attached hydrogens (tertiary/aromatic N) is 4. The van der Waals surface area contributed by atoms with Crippen molar-refractivity contribution in [2.75, 3.05) is 36.0 Å². The van der Waals surface area contributed by atoms with Gasteiger partial charge in [0.1, 0.15) is 18.1 Å². The van der Waals surface area contributed by atoms with E-state index in [2.05, 4.69) is 9.97 Å². The molecule has 7 nitrogen and oxygen atoms in total. The quantitative estimate of drug-likeness (QED) is 0.849. The summed E-state index contributed by atoms with van der Waals surface area (Å²) in [5.74, 6) is -3.01. The zero-order valence-electron chi connectivity index (χ0n) is 14.6. The molecule has 0 bridgehead atoms. The molecule has 0 unspecified atom stereocenters. The third kappa shape index (κ3) is 2.98. The summed E-state index contributed by atoms with van der Waals surface area (Å²) in [5.41, 5.74) is 0.373. The highest BCUT2D eigenvalue weighted by molar-refractivity contribution is 5.68. The van der Waals surface area contributed by atoms with Gasteiger partial charge in [0.05, 0.1) is 6.10 Å². The zero-order valence-corrected chi connectivity index (χ0v) is 14.6. The maximum atomic E-state index is 14.3. The second kappa shape index (κ2) is 6.29. The van der Waals surface area contributed by atoms with Gasteiger partial charge in [0.25, 0.3) is 5.92 Å². The van der Waals surface area contributed by atoms with Crippen LogP contribution in [0.3, 0.4) is 0 Å². The van der Waals surface area contributed by atoms with Crippen molar-refractivity contribution in [3.05, 3.63) is 11.3 Å². The molecule has 1 N–H and O–H groups in total. The maximum Gasteiger partial charge on any atom is 0.329 e. The molecule has 142 valence electrons. The van der Waals surface area contributed by atoms with Crippen LogP contribution in [0.25, 0.3) is 0 Å². The van der Waals surface area contributed by atoms with Crippen molar-refractivity contribution in [2.24, 2.45) is 0 Å². The monoisotopic (exact) mass is 368 g/mol. The minimum Gasteiger partial charge on any atom is -0.480 e. The molecule has 9 heteroatoms. The lowest BCUT2D eigenvalue weighted by Crippen LogP contribution is -2.47. The van der Waals surface area contributed by atoms with Crippen LogP contribution in [-0.4, -0.2) is 59.4 Å². The Kier molecular flexibility index (Phi) is 4.21. The number of ether oxygens (including phenoxy) is 1. The van der Waals surface area contributed by atoms with Gasteiger partial charge < -0.3 is 19.6 Å². The number of carboxylic acid groups (broad SMARTS) is 1. The summed E-state index contributed by atoms with van der Waals surface area (Å²) in [6.45, 7) is 3.51. The molecule has 26 heavy (non-hydrogen) atoms. The third-order valence-corrected chi connectivity index (χ3v) is 5.47. The molecule has 2 aliphatic heterocycles.